The van der Waals surface area contributed by atoms with Crippen LogP contribution >= 0.6 is 0 Å². The zero-order chi connectivity index (χ0) is 33.1. The van der Waals surface area contributed by atoms with Crippen molar-refractivity contribution in [2.45, 2.75) is 226 Å². The van der Waals surface area contributed by atoms with Gasteiger partial charge in [-0.3, -0.25) is 0 Å². The number of carbonyl (C=O) groups is 1. The second-order valence-electron chi connectivity index (χ2n) is 14.7. The molecule has 0 aliphatic heterocycles. The van der Waals surface area contributed by atoms with Crippen LogP contribution in [0.2, 0.25) is 0 Å². The van der Waals surface area contributed by atoms with E-state index in [9.17, 15) is 4.79 Å². The summed E-state index contributed by atoms with van der Waals surface area (Å²) in [6.07, 6.45) is 37.6. The van der Waals surface area contributed by atoms with Gasteiger partial charge < -0.3 is 19.5 Å². The molecule has 270 valence electrons. The highest BCUT2D eigenvalue weighted by Crippen LogP contribution is 2.15. The van der Waals surface area contributed by atoms with E-state index >= 15 is 0 Å². The van der Waals surface area contributed by atoms with Crippen molar-refractivity contribution in [1.82, 2.24) is 5.32 Å². The topological polar surface area (TPSA) is 56.8 Å². The van der Waals surface area contributed by atoms with Crippen molar-refractivity contribution in [2.24, 2.45) is 0 Å². The van der Waals surface area contributed by atoms with Crippen LogP contribution in [0.3, 0.4) is 0 Å². The Labute approximate surface area is 282 Å². The zero-order valence-corrected chi connectivity index (χ0v) is 31.3. The molecule has 0 heterocycles. The van der Waals surface area contributed by atoms with E-state index in [4.69, 9.17) is 14.2 Å². The second kappa shape index (κ2) is 34.5. The Kier molecular flexibility index (Phi) is 33.9. The van der Waals surface area contributed by atoms with Crippen molar-refractivity contribution in [2.75, 3.05) is 26.4 Å². The van der Waals surface area contributed by atoms with Crippen LogP contribution < -0.4 is 5.32 Å². The molecule has 0 atom stereocenters. The third-order valence-electron chi connectivity index (χ3n) is 8.64. The smallest absolute Gasteiger partial charge is 0.408 e. The highest BCUT2D eigenvalue weighted by molar-refractivity contribution is 5.68. The predicted octanol–water partition coefficient (Wildman–Crippen LogP) is 12.9. The van der Waals surface area contributed by atoms with Gasteiger partial charge in [0, 0.05) is 13.2 Å². The van der Waals surface area contributed by atoms with Gasteiger partial charge in [-0.15, -0.1) is 0 Å². The average molecular weight is 640 g/mol. The third kappa shape index (κ3) is 37.5. The number of alkyl carbamates (subject to hydrolysis) is 1. The highest BCUT2D eigenvalue weighted by atomic mass is 16.6. The molecule has 0 fully saturated rings. The monoisotopic (exact) mass is 640 g/mol. The van der Waals surface area contributed by atoms with E-state index in [-0.39, 0.29) is 6.04 Å². The molecule has 0 aromatic heterocycles. The Balaban J connectivity index is 3.82. The lowest BCUT2D eigenvalue weighted by atomic mass is 10.0. The van der Waals surface area contributed by atoms with Crippen LogP contribution in [0, 0.1) is 0 Å². The van der Waals surface area contributed by atoms with Crippen LogP contribution in [-0.4, -0.2) is 44.2 Å². The molecule has 0 aromatic rings. The minimum absolute atomic E-state index is 0.182. The summed E-state index contributed by atoms with van der Waals surface area (Å²) in [6.45, 7) is 12.7. The first-order chi connectivity index (χ1) is 21.9. The molecule has 0 unspecified atom stereocenters. The van der Waals surface area contributed by atoms with Gasteiger partial charge in [-0.05, 0) is 33.6 Å². The van der Waals surface area contributed by atoms with Gasteiger partial charge in [0.1, 0.15) is 5.60 Å². The molecule has 5 nitrogen and oxygen atoms in total. The molecular weight excluding hydrogens is 558 g/mol. The average Bonchev–Trinajstić information content (AvgIpc) is 2.99. The molecule has 1 amide bonds. The normalized spacial score (nSPS) is 11.9. The quantitative estimate of drug-likeness (QED) is 0.0701. The first-order valence-corrected chi connectivity index (χ1v) is 20.0. The Morgan fingerprint density at radius 1 is 0.467 bits per heavy atom. The number of amides is 1. The van der Waals surface area contributed by atoms with Gasteiger partial charge in [0.05, 0.1) is 19.3 Å². The largest absolute Gasteiger partial charge is 0.444 e. The molecule has 0 aromatic carbocycles. The summed E-state index contributed by atoms with van der Waals surface area (Å²) in [4.78, 5) is 12.4. The van der Waals surface area contributed by atoms with Crippen LogP contribution in [0.5, 0.6) is 0 Å². The first-order valence-electron chi connectivity index (χ1n) is 20.0. The van der Waals surface area contributed by atoms with Crippen LogP contribution in [-0.2, 0) is 14.2 Å². The lowest BCUT2D eigenvalue weighted by Crippen LogP contribution is -2.44. The Morgan fingerprint density at radius 2 is 0.733 bits per heavy atom. The number of nitrogens with one attached hydrogen (secondary N) is 1. The molecule has 0 aliphatic carbocycles. The van der Waals surface area contributed by atoms with Gasteiger partial charge in [0.15, 0.2) is 0 Å². The van der Waals surface area contributed by atoms with Crippen LogP contribution in [0.1, 0.15) is 214 Å². The number of hydrogen-bond acceptors (Lipinski definition) is 4. The maximum atomic E-state index is 12.4. The van der Waals surface area contributed by atoms with Crippen LogP contribution in [0.4, 0.5) is 4.79 Å². The van der Waals surface area contributed by atoms with E-state index in [0.29, 0.717) is 13.2 Å². The van der Waals surface area contributed by atoms with Gasteiger partial charge in [0.25, 0.3) is 0 Å². The van der Waals surface area contributed by atoms with E-state index in [1.807, 2.05) is 20.8 Å². The lowest BCUT2D eigenvalue weighted by molar-refractivity contribution is 0.0278. The predicted molar refractivity (Wildman–Crippen MR) is 195 cm³/mol. The molecule has 1 N–H and O–H groups in total. The molecule has 0 saturated heterocycles. The molecule has 0 radical (unpaired) electrons. The summed E-state index contributed by atoms with van der Waals surface area (Å²) in [5.41, 5.74) is -0.515. The molecular formula is C40H81NO4. The van der Waals surface area contributed by atoms with E-state index in [1.54, 1.807) is 0 Å². The van der Waals surface area contributed by atoms with Crippen molar-refractivity contribution in [3.05, 3.63) is 0 Å². The fourth-order valence-electron chi connectivity index (χ4n) is 5.85. The SMILES string of the molecule is CCCCCCCCCCCCCCCCOCC(COCCCCCCCCCCCCCCCC)NC(=O)OC(C)(C)C. The van der Waals surface area contributed by atoms with Crippen LogP contribution in [0.25, 0.3) is 0 Å². The highest BCUT2D eigenvalue weighted by Gasteiger charge is 2.20. The zero-order valence-electron chi connectivity index (χ0n) is 31.3. The van der Waals surface area contributed by atoms with Crippen LogP contribution in [0.15, 0.2) is 0 Å². The third-order valence-corrected chi connectivity index (χ3v) is 8.64. The summed E-state index contributed by atoms with van der Waals surface area (Å²) in [5, 5.41) is 2.97. The summed E-state index contributed by atoms with van der Waals surface area (Å²) in [6, 6.07) is -0.182. The van der Waals surface area contributed by atoms with E-state index < -0.39 is 11.7 Å². The van der Waals surface area contributed by atoms with E-state index in [1.165, 1.54) is 167 Å². The summed E-state index contributed by atoms with van der Waals surface area (Å²) >= 11 is 0. The standard InChI is InChI=1S/C40H81NO4/c1-6-8-10-12-14-16-18-20-22-24-26-28-30-32-34-43-36-38(41-39(42)45-40(3,4)5)37-44-35-33-31-29-27-25-23-21-19-17-15-13-11-9-7-2/h38H,6-37H2,1-5H3,(H,41,42). The molecule has 0 spiro atoms. The number of hydrogen-bond donors (Lipinski definition) is 1. The minimum Gasteiger partial charge on any atom is -0.444 e. The summed E-state index contributed by atoms with van der Waals surface area (Å²) in [7, 11) is 0. The molecule has 0 aliphatic rings. The fraction of sp³-hybridized carbons (Fsp3) is 0.975. The van der Waals surface area contributed by atoms with Crippen molar-refractivity contribution in [3.63, 3.8) is 0 Å². The van der Waals surface area contributed by atoms with Gasteiger partial charge in [0.2, 0.25) is 0 Å². The van der Waals surface area contributed by atoms with Gasteiger partial charge >= 0.3 is 6.09 Å². The van der Waals surface area contributed by atoms with Crippen molar-refractivity contribution in [3.8, 4) is 0 Å². The fourth-order valence-corrected chi connectivity index (χ4v) is 5.85. The second-order valence-corrected chi connectivity index (χ2v) is 14.7. The number of ether oxygens (including phenoxy) is 3. The van der Waals surface area contributed by atoms with Gasteiger partial charge in [-0.2, -0.15) is 0 Å². The van der Waals surface area contributed by atoms with Gasteiger partial charge in [-0.1, -0.05) is 181 Å². The number of carbonyl (C=O) groups excluding carboxylic acids is 1. The molecule has 5 heteroatoms. The summed E-state index contributed by atoms with van der Waals surface area (Å²) in [5.74, 6) is 0. The number of unbranched alkanes of at least 4 members (excludes halogenated alkanes) is 26. The maximum absolute atomic E-state index is 12.4. The van der Waals surface area contributed by atoms with Crippen molar-refractivity contribution in [1.29, 1.82) is 0 Å². The minimum atomic E-state index is -0.515. The van der Waals surface area contributed by atoms with E-state index in [0.717, 1.165) is 26.1 Å². The summed E-state index contributed by atoms with van der Waals surface area (Å²) < 4.78 is 17.4. The maximum Gasteiger partial charge on any atom is 0.408 e. The molecule has 45 heavy (non-hydrogen) atoms. The Hall–Kier alpha value is -0.810. The number of rotatable bonds is 35. The molecule has 0 saturated carbocycles. The molecule has 0 rings (SSSR count). The molecule has 0 bridgehead atoms. The van der Waals surface area contributed by atoms with Crippen molar-refractivity contribution >= 4 is 6.09 Å². The first kappa shape index (κ1) is 44.2. The Morgan fingerprint density at radius 3 is 1.00 bits per heavy atom. The Bertz CT molecular complexity index is 555. The lowest BCUT2D eigenvalue weighted by Gasteiger charge is -2.23. The van der Waals surface area contributed by atoms with Crippen molar-refractivity contribution < 1.29 is 19.0 Å². The van der Waals surface area contributed by atoms with E-state index in [2.05, 4.69) is 19.2 Å². The van der Waals surface area contributed by atoms with Gasteiger partial charge in [-0.25, -0.2) is 4.79 Å².